The number of nitrogens with zero attached hydrogens (tertiary/aromatic N) is 2. The molecule has 0 aromatic rings. The summed E-state index contributed by atoms with van der Waals surface area (Å²) in [6, 6.07) is 0. The van der Waals surface area contributed by atoms with E-state index in [1.165, 1.54) is 0 Å². The molecule has 0 aromatic heterocycles. The van der Waals surface area contributed by atoms with Gasteiger partial charge < -0.3 is 5.32 Å². The smallest absolute Gasteiger partial charge is 0.181 e. The molecule has 0 bridgehead atoms. The van der Waals surface area contributed by atoms with E-state index in [1.54, 1.807) is 19.5 Å². The zero-order chi connectivity index (χ0) is 10.1. The molecule has 1 unspecified atom stereocenters. The topological polar surface area (TPSA) is 36.8 Å². The Hall–Kier alpha value is -1.56. The lowest BCUT2D eigenvalue weighted by molar-refractivity contribution is 0.723. The molecule has 3 heteroatoms. The first-order valence-corrected chi connectivity index (χ1v) is 4.04. The largest absolute Gasteiger partial charge is 0.358 e. The second-order valence-corrected chi connectivity index (χ2v) is 2.39. The molecule has 0 aromatic carbocycles. The van der Waals surface area contributed by atoms with E-state index >= 15 is 0 Å². The lowest BCUT2D eigenvalue weighted by Gasteiger charge is -2.08. The minimum Gasteiger partial charge on any atom is -0.358 e. The first kappa shape index (κ1) is 11.4. The van der Waals surface area contributed by atoms with Gasteiger partial charge in [-0.25, -0.2) is 0 Å². The Morgan fingerprint density at radius 2 is 2.23 bits per heavy atom. The van der Waals surface area contributed by atoms with Gasteiger partial charge in [-0.05, 0) is 13.8 Å². The van der Waals surface area contributed by atoms with Crippen molar-refractivity contribution in [2.75, 3.05) is 7.05 Å². The SMILES string of the molecule is C#CC(N=CC=NC)N/C(C)=C\C. The average molecular weight is 177 g/mol. The number of hydrogen-bond donors (Lipinski definition) is 1. The molecule has 3 nitrogen and oxygen atoms in total. The first-order chi connectivity index (χ1) is 6.24. The molecule has 1 atom stereocenters. The van der Waals surface area contributed by atoms with Crippen LogP contribution in [0.3, 0.4) is 0 Å². The molecule has 13 heavy (non-hydrogen) atoms. The highest BCUT2D eigenvalue weighted by Gasteiger charge is 1.97. The fraction of sp³-hybridized carbons (Fsp3) is 0.400. The molecule has 0 amide bonds. The van der Waals surface area contributed by atoms with Gasteiger partial charge in [0, 0.05) is 25.2 Å². The summed E-state index contributed by atoms with van der Waals surface area (Å²) in [5, 5.41) is 3.04. The third-order valence-corrected chi connectivity index (χ3v) is 1.41. The van der Waals surface area contributed by atoms with Gasteiger partial charge in [0.1, 0.15) is 0 Å². The minimum absolute atomic E-state index is 0.311. The number of allylic oxidation sites excluding steroid dienone is 2. The quantitative estimate of drug-likeness (QED) is 0.509. The molecule has 0 spiro atoms. The second kappa shape index (κ2) is 7.11. The van der Waals surface area contributed by atoms with Crippen LogP contribution >= 0.6 is 0 Å². The van der Waals surface area contributed by atoms with Crippen molar-refractivity contribution in [1.82, 2.24) is 5.32 Å². The molecule has 0 aliphatic rings. The average Bonchev–Trinajstić information content (AvgIpc) is 2.16. The standard InChI is InChI=1S/C10H15N3/c1-5-9(3)13-10(6-2)12-8-7-11-4/h2,5,7-8,10,13H,1,3-4H3/b9-5-,11-7?,12-8?. The van der Waals surface area contributed by atoms with Crippen molar-refractivity contribution in [2.24, 2.45) is 9.98 Å². The molecule has 0 aliphatic heterocycles. The lowest BCUT2D eigenvalue weighted by atomic mass is 10.4. The number of aliphatic imine (C=N–C) groups is 2. The maximum atomic E-state index is 5.26. The van der Waals surface area contributed by atoms with Gasteiger partial charge in [-0.2, -0.15) is 0 Å². The van der Waals surface area contributed by atoms with Gasteiger partial charge in [0.2, 0.25) is 0 Å². The fourth-order valence-electron chi connectivity index (χ4n) is 0.612. The van der Waals surface area contributed by atoms with Crippen LogP contribution in [0, 0.1) is 12.3 Å². The maximum absolute atomic E-state index is 5.26. The van der Waals surface area contributed by atoms with E-state index in [0.29, 0.717) is 0 Å². The summed E-state index contributed by atoms with van der Waals surface area (Å²) in [5.41, 5.74) is 1.01. The number of nitrogens with one attached hydrogen (secondary N) is 1. The predicted molar refractivity (Wildman–Crippen MR) is 58.1 cm³/mol. The van der Waals surface area contributed by atoms with Gasteiger partial charge >= 0.3 is 0 Å². The first-order valence-electron chi connectivity index (χ1n) is 4.04. The Labute approximate surface area is 79.7 Å². The summed E-state index contributed by atoms with van der Waals surface area (Å²) in [6.07, 6.45) is 10.1. The van der Waals surface area contributed by atoms with E-state index in [4.69, 9.17) is 6.42 Å². The Bertz CT molecular complexity index is 256. The monoisotopic (exact) mass is 177 g/mol. The van der Waals surface area contributed by atoms with Crippen molar-refractivity contribution in [3.05, 3.63) is 11.8 Å². The molecule has 0 aliphatic carbocycles. The van der Waals surface area contributed by atoms with Gasteiger partial charge in [-0.15, -0.1) is 6.42 Å². The van der Waals surface area contributed by atoms with Crippen LogP contribution in [-0.4, -0.2) is 25.6 Å². The third kappa shape index (κ3) is 5.68. The number of rotatable bonds is 4. The van der Waals surface area contributed by atoms with Crippen LogP contribution in [0.5, 0.6) is 0 Å². The van der Waals surface area contributed by atoms with Crippen molar-refractivity contribution < 1.29 is 0 Å². The van der Waals surface area contributed by atoms with E-state index in [-0.39, 0.29) is 6.17 Å². The third-order valence-electron chi connectivity index (χ3n) is 1.41. The molecule has 0 heterocycles. The zero-order valence-electron chi connectivity index (χ0n) is 8.28. The Morgan fingerprint density at radius 1 is 1.54 bits per heavy atom. The molecule has 1 N–H and O–H groups in total. The van der Waals surface area contributed by atoms with Crippen LogP contribution in [0.25, 0.3) is 0 Å². The lowest BCUT2D eigenvalue weighted by Crippen LogP contribution is -2.23. The van der Waals surface area contributed by atoms with Gasteiger partial charge in [-0.1, -0.05) is 12.0 Å². The zero-order valence-corrected chi connectivity index (χ0v) is 8.28. The van der Waals surface area contributed by atoms with E-state index in [9.17, 15) is 0 Å². The molecular formula is C10H15N3. The van der Waals surface area contributed by atoms with Crippen molar-refractivity contribution in [3.63, 3.8) is 0 Å². The predicted octanol–water partition coefficient (Wildman–Crippen LogP) is 1.23. The van der Waals surface area contributed by atoms with Gasteiger partial charge in [0.15, 0.2) is 6.17 Å². The van der Waals surface area contributed by atoms with Crippen LogP contribution < -0.4 is 5.32 Å². The summed E-state index contributed by atoms with van der Waals surface area (Å²) in [4.78, 5) is 7.81. The minimum atomic E-state index is -0.311. The van der Waals surface area contributed by atoms with Crippen LogP contribution in [-0.2, 0) is 0 Å². The number of hydrogen-bond acceptors (Lipinski definition) is 3. The number of terminal acetylenes is 1. The summed E-state index contributed by atoms with van der Waals surface area (Å²) in [5.74, 6) is 2.51. The summed E-state index contributed by atoms with van der Waals surface area (Å²) in [7, 11) is 1.68. The van der Waals surface area contributed by atoms with E-state index in [0.717, 1.165) is 5.70 Å². The van der Waals surface area contributed by atoms with Crippen LogP contribution in [0.15, 0.2) is 21.8 Å². The molecule has 70 valence electrons. The Balaban J connectivity index is 4.14. The van der Waals surface area contributed by atoms with E-state index < -0.39 is 0 Å². The summed E-state index contributed by atoms with van der Waals surface area (Å²) >= 11 is 0. The van der Waals surface area contributed by atoms with Crippen LogP contribution in [0.4, 0.5) is 0 Å². The molecule has 0 fully saturated rings. The van der Waals surface area contributed by atoms with Gasteiger partial charge in [0.25, 0.3) is 0 Å². The van der Waals surface area contributed by atoms with Crippen molar-refractivity contribution in [2.45, 2.75) is 20.0 Å². The van der Waals surface area contributed by atoms with Crippen molar-refractivity contribution in [3.8, 4) is 12.3 Å². The van der Waals surface area contributed by atoms with Crippen molar-refractivity contribution in [1.29, 1.82) is 0 Å². The molecule has 0 rings (SSSR count). The fourth-order valence-corrected chi connectivity index (χ4v) is 0.612. The van der Waals surface area contributed by atoms with Gasteiger partial charge in [0.05, 0.1) is 0 Å². The Kier molecular flexibility index (Phi) is 6.26. The Morgan fingerprint density at radius 3 is 2.69 bits per heavy atom. The van der Waals surface area contributed by atoms with Gasteiger partial charge in [-0.3, -0.25) is 9.98 Å². The van der Waals surface area contributed by atoms with E-state index in [1.807, 2.05) is 19.9 Å². The van der Waals surface area contributed by atoms with E-state index in [2.05, 4.69) is 21.2 Å². The highest BCUT2D eigenvalue weighted by Crippen LogP contribution is 1.90. The van der Waals surface area contributed by atoms with Crippen LogP contribution in [0.2, 0.25) is 0 Å². The maximum Gasteiger partial charge on any atom is 0.181 e. The highest BCUT2D eigenvalue weighted by atomic mass is 15.1. The summed E-state index contributed by atoms with van der Waals surface area (Å²) < 4.78 is 0. The highest BCUT2D eigenvalue weighted by molar-refractivity contribution is 6.16. The molecular weight excluding hydrogens is 162 g/mol. The van der Waals surface area contributed by atoms with Crippen molar-refractivity contribution >= 4 is 12.4 Å². The summed E-state index contributed by atoms with van der Waals surface area (Å²) in [6.45, 7) is 3.88. The van der Waals surface area contributed by atoms with Crippen LogP contribution in [0.1, 0.15) is 13.8 Å². The molecule has 0 radical (unpaired) electrons. The second-order valence-electron chi connectivity index (χ2n) is 2.39. The molecule has 0 saturated heterocycles. The molecule has 0 saturated carbocycles. The normalized spacial score (nSPS) is 14.8.